The van der Waals surface area contributed by atoms with Crippen molar-refractivity contribution in [1.82, 2.24) is 5.32 Å². The molecule has 0 saturated carbocycles. The lowest BCUT2D eigenvalue weighted by atomic mass is 10.2. The van der Waals surface area contributed by atoms with Gasteiger partial charge in [-0.3, -0.25) is 4.79 Å². The van der Waals surface area contributed by atoms with Crippen molar-refractivity contribution in [3.05, 3.63) is 0 Å². The van der Waals surface area contributed by atoms with Crippen LogP contribution in [0.3, 0.4) is 0 Å². The predicted molar refractivity (Wildman–Crippen MR) is 185 cm³/mol. The van der Waals surface area contributed by atoms with Gasteiger partial charge in [-0.1, -0.05) is 0 Å². The highest BCUT2D eigenvalue weighted by molar-refractivity contribution is 5.69. The van der Waals surface area contributed by atoms with Crippen LogP contribution in [0, 0.1) is 0 Å². The zero-order valence-corrected chi connectivity index (χ0v) is 31.4. The Morgan fingerprint density at radius 2 is 0.560 bits per heavy atom. The summed E-state index contributed by atoms with van der Waals surface area (Å²) in [5.41, 5.74) is -0.475. The van der Waals surface area contributed by atoms with E-state index in [-0.39, 0.29) is 12.4 Å². The maximum Gasteiger partial charge on any atom is 0.308 e. The fraction of sp³-hybridized carbons (Fsp3) is 0.971. The Morgan fingerprint density at radius 3 is 0.760 bits per heavy atom. The Morgan fingerprint density at radius 1 is 0.360 bits per heavy atom. The van der Waals surface area contributed by atoms with Gasteiger partial charge in [0.2, 0.25) is 0 Å². The lowest BCUT2D eigenvalue weighted by Crippen LogP contribution is -2.24. The summed E-state index contributed by atoms with van der Waals surface area (Å²) in [5.74, 6) is -0.266. The number of ether oxygens (including phenoxy) is 14. The van der Waals surface area contributed by atoms with E-state index in [0.29, 0.717) is 172 Å². The van der Waals surface area contributed by atoms with Gasteiger partial charge in [-0.15, -0.1) is 0 Å². The van der Waals surface area contributed by atoms with Crippen molar-refractivity contribution < 1.29 is 71.1 Å². The molecule has 16 heteroatoms. The van der Waals surface area contributed by atoms with Crippen LogP contribution < -0.4 is 5.32 Å². The molecular weight excluding hydrogens is 662 g/mol. The van der Waals surface area contributed by atoms with E-state index in [9.17, 15) is 4.79 Å². The number of hydrogen-bond donors (Lipinski definition) is 1. The number of hydrogen-bond acceptors (Lipinski definition) is 16. The van der Waals surface area contributed by atoms with Gasteiger partial charge in [0.1, 0.15) is 5.60 Å². The van der Waals surface area contributed by atoms with Gasteiger partial charge < -0.3 is 71.6 Å². The fourth-order valence-corrected chi connectivity index (χ4v) is 3.46. The molecule has 0 aromatic rings. The summed E-state index contributed by atoms with van der Waals surface area (Å²) >= 11 is 0. The van der Waals surface area contributed by atoms with Crippen LogP contribution in [0.2, 0.25) is 0 Å². The van der Waals surface area contributed by atoms with Gasteiger partial charge in [-0.2, -0.15) is 0 Å². The second-order valence-electron chi connectivity index (χ2n) is 11.4. The quantitative estimate of drug-likeness (QED) is 0.0704. The molecule has 0 aromatic carbocycles. The minimum atomic E-state index is -0.475. The smallest absolute Gasteiger partial charge is 0.308 e. The highest BCUT2D eigenvalue weighted by Gasteiger charge is 2.15. The third-order valence-corrected chi connectivity index (χ3v) is 5.83. The maximum atomic E-state index is 11.6. The normalized spacial score (nSPS) is 11.8. The zero-order chi connectivity index (χ0) is 36.5. The summed E-state index contributed by atoms with van der Waals surface area (Å²) in [7, 11) is 1.89. The molecule has 0 aliphatic carbocycles. The second-order valence-corrected chi connectivity index (χ2v) is 11.4. The van der Waals surface area contributed by atoms with Crippen LogP contribution in [0.1, 0.15) is 27.2 Å². The Balaban J connectivity index is 3.09. The fourth-order valence-electron chi connectivity index (χ4n) is 3.46. The standard InChI is InChI=1S/C34H69NO15/c1-34(2,3)50-33(36)5-7-37-9-11-39-13-15-41-17-19-43-21-23-45-25-27-47-29-31-49-32-30-48-28-26-46-24-22-44-20-18-42-16-14-40-12-10-38-8-6-35-4/h35H,5-32H2,1-4H3. The van der Waals surface area contributed by atoms with E-state index in [2.05, 4.69) is 5.32 Å². The molecule has 0 unspecified atom stereocenters. The van der Waals surface area contributed by atoms with Crippen LogP contribution in [0.4, 0.5) is 0 Å². The predicted octanol–water partition coefficient (Wildman–Crippen LogP) is 1.15. The summed E-state index contributed by atoms with van der Waals surface area (Å²) in [6, 6.07) is 0. The minimum Gasteiger partial charge on any atom is -0.460 e. The number of esters is 1. The Hall–Kier alpha value is -1.09. The van der Waals surface area contributed by atoms with Gasteiger partial charge in [0.15, 0.2) is 0 Å². The van der Waals surface area contributed by atoms with Crippen molar-refractivity contribution in [3.63, 3.8) is 0 Å². The molecule has 0 radical (unpaired) electrons. The van der Waals surface area contributed by atoms with E-state index in [1.807, 2.05) is 27.8 Å². The first kappa shape index (κ1) is 48.9. The second kappa shape index (κ2) is 40.7. The van der Waals surface area contributed by atoms with Crippen molar-refractivity contribution >= 4 is 5.97 Å². The van der Waals surface area contributed by atoms with E-state index in [4.69, 9.17) is 66.3 Å². The van der Waals surface area contributed by atoms with Gasteiger partial charge in [0.25, 0.3) is 0 Å². The van der Waals surface area contributed by atoms with Crippen LogP contribution >= 0.6 is 0 Å². The van der Waals surface area contributed by atoms with Crippen LogP contribution in [0.5, 0.6) is 0 Å². The monoisotopic (exact) mass is 731 g/mol. The molecule has 1 N–H and O–H groups in total. The van der Waals surface area contributed by atoms with Crippen molar-refractivity contribution in [2.75, 3.05) is 185 Å². The van der Waals surface area contributed by atoms with Gasteiger partial charge in [-0.05, 0) is 27.8 Å². The molecule has 16 nitrogen and oxygen atoms in total. The molecule has 50 heavy (non-hydrogen) atoms. The molecular formula is C34H69NO15. The molecule has 0 fully saturated rings. The van der Waals surface area contributed by atoms with Crippen molar-refractivity contribution in [1.29, 1.82) is 0 Å². The zero-order valence-electron chi connectivity index (χ0n) is 31.4. The highest BCUT2D eigenvalue weighted by atomic mass is 16.6. The first-order chi connectivity index (χ1) is 24.5. The lowest BCUT2D eigenvalue weighted by molar-refractivity contribution is -0.156. The topological polar surface area (TPSA) is 158 Å². The summed E-state index contributed by atoms with van der Waals surface area (Å²) in [6.45, 7) is 19.4. The number of carbonyl (C=O) groups is 1. The average Bonchev–Trinajstić information content (AvgIpc) is 3.08. The number of rotatable bonds is 42. The average molecular weight is 732 g/mol. The maximum absolute atomic E-state index is 11.6. The Labute approximate surface area is 300 Å². The van der Waals surface area contributed by atoms with Gasteiger partial charge in [0.05, 0.1) is 178 Å². The highest BCUT2D eigenvalue weighted by Crippen LogP contribution is 2.08. The molecule has 0 bridgehead atoms. The van der Waals surface area contributed by atoms with Gasteiger partial charge in [-0.25, -0.2) is 0 Å². The molecule has 0 aliphatic heterocycles. The summed E-state index contributed by atoms with van der Waals surface area (Å²) < 4.78 is 76.0. The van der Waals surface area contributed by atoms with Crippen LogP contribution in [0.25, 0.3) is 0 Å². The van der Waals surface area contributed by atoms with E-state index in [1.54, 1.807) is 0 Å². The summed E-state index contributed by atoms with van der Waals surface area (Å²) in [5, 5.41) is 3.02. The Bertz CT molecular complexity index is 673. The van der Waals surface area contributed by atoms with Gasteiger partial charge in [0, 0.05) is 6.54 Å². The van der Waals surface area contributed by atoms with Crippen molar-refractivity contribution in [3.8, 4) is 0 Å². The molecule has 0 atom stereocenters. The molecule has 0 rings (SSSR count). The molecule has 300 valence electrons. The van der Waals surface area contributed by atoms with E-state index < -0.39 is 5.60 Å². The lowest BCUT2D eigenvalue weighted by Gasteiger charge is -2.19. The van der Waals surface area contributed by atoms with E-state index >= 15 is 0 Å². The van der Waals surface area contributed by atoms with E-state index in [1.165, 1.54) is 0 Å². The molecule has 0 heterocycles. The third-order valence-electron chi connectivity index (χ3n) is 5.83. The first-order valence-electron chi connectivity index (χ1n) is 17.8. The summed E-state index contributed by atoms with van der Waals surface area (Å²) in [6.07, 6.45) is 0.231. The SMILES string of the molecule is CNCCOCCOCCOCCOCCOCCOCCOCCOCCOCCOCCOCCOCCOCCC(=O)OC(C)(C)C. The number of likely N-dealkylation sites (N-methyl/N-ethyl adjacent to an activating group) is 1. The molecule has 0 aliphatic rings. The largest absolute Gasteiger partial charge is 0.460 e. The Kier molecular flexibility index (Phi) is 39.8. The number of nitrogens with one attached hydrogen (secondary N) is 1. The molecule has 0 amide bonds. The molecule has 0 aromatic heterocycles. The molecule has 0 saturated heterocycles. The van der Waals surface area contributed by atoms with Crippen LogP contribution in [-0.2, 0) is 71.1 Å². The number of carbonyl (C=O) groups excluding carboxylic acids is 1. The van der Waals surface area contributed by atoms with Crippen molar-refractivity contribution in [2.24, 2.45) is 0 Å². The third kappa shape index (κ3) is 44.9. The minimum absolute atomic E-state index is 0.231. The molecule has 0 spiro atoms. The van der Waals surface area contributed by atoms with Crippen LogP contribution in [0.15, 0.2) is 0 Å². The first-order valence-corrected chi connectivity index (χ1v) is 17.8. The van der Waals surface area contributed by atoms with E-state index in [0.717, 1.165) is 6.54 Å². The van der Waals surface area contributed by atoms with Crippen LogP contribution in [-0.4, -0.2) is 197 Å². The summed E-state index contributed by atoms with van der Waals surface area (Å²) in [4.78, 5) is 11.6. The van der Waals surface area contributed by atoms with Gasteiger partial charge >= 0.3 is 5.97 Å². The van der Waals surface area contributed by atoms with Crippen molar-refractivity contribution in [2.45, 2.75) is 32.8 Å².